The summed E-state index contributed by atoms with van der Waals surface area (Å²) in [7, 11) is 0. The third kappa shape index (κ3) is 2.25. The van der Waals surface area contributed by atoms with E-state index in [2.05, 4.69) is 22.9 Å². The molecule has 0 heterocycles. The highest BCUT2D eigenvalue weighted by Crippen LogP contribution is 2.70. The van der Waals surface area contributed by atoms with Crippen LogP contribution in [0.15, 0.2) is 11.6 Å². The molecule has 0 aliphatic heterocycles. The fourth-order valence-electron chi connectivity index (χ4n) is 7.07. The molecule has 5 heteroatoms. The Morgan fingerprint density at radius 1 is 1.27 bits per heavy atom. The Labute approximate surface area is 162 Å². The van der Waals surface area contributed by atoms with Gasteiger partial charge in [0.05, 0.1) is 0 Å². The molecule has 0 amide bonds. The molecule has 4 aliphatic rings. The van der Waals surface area contributed by atoms with Crippen molar-refractivity contribution in [1.82, 2.24) is 0 Å². The van der Waals surface area contributed by atoms with Crippen molar-refractivity contribution in [2.24, 2.45) is 28.6 Å². The van der Waals surface area contributed by atoms with Crippen LogP contribution >= 0.6 is 15.9 Å². The highest BCUT2D eigenvalue weighted by Gasteiger charge is 2.68. The molecule has 0 radical (unpaired) electrons. The number of allylic oxidation sites excluding steroid dienone is 1. The van der Waals surface area contributed by atoms with Gasteiger partial charge in [-0.05, 0) is 67.4 Å². The van der Waals surface area contributed by atoms with E-state index in [0.29, 0.717) is 32.1 Å². The Morgan fingerprint density at radius 3 is 2.69 bits per heavy atom. The normalized spacial score (nSPS) is 50.5. The largest absolute Gasteiger partial charge is 0.389 e. The van der Waals surface area contributed by atoms with Crippen LogP contribution in [-0.2, 0) is 9.59 Å². The monoisotopic (exact) mass is 426 g/mol. The van der Waals surface area contributed by atoms with E-state index in [9.17, 15) is 14.7 Å². The van der Waals surface area contributed by atoms with Crippen LogP contribution in [0.3, 0.4) is 0 Å². The molecule has 0 spiro atoms. The van der Waals surface area contributed by atoms with E-state index >= 15 is 4.39 Å². The van der Waals surface area contributed by atoms with Crippen molar-refractivity contribution in [2.75, 3.05) is 6.61 Å². The quantitative estimate of drug-likeness (QED) is 0.674. The molecular formula is C21H28BrFO3. The van der Waals surface area contributed by atoms with Gasteiger partial charge in [0.2, 0.25) is 0 Å². The van der Waals surface area contributed by atoms with Crippen molar-refractivity contribution < 1.29 is 19.1 Å². The van der Waals surface area contributed by atoms with Gasteiger partial charge >= 0.3 is 0 Å². The summed E-state index contributed by atoms with van der Waals surface area (Å²) in [5.41, 5.74) is -1.18. The number of halogens is 2. The molecule has 7 atom stereocenters. The molecule has 1 N–H and O–H groups in total. The number of rotatable bonds is 2. The predicted molar refractivity (Wildman–Crippen MR) is 101 cm³/mol. The fraction of sp³-hybridized carbons (Fsp3) is 0.810. The van der Waals surface area contributed by atoms with Gasteiger partial charge in [-0.2, -0.15) is 0 Å². The molecule has 0 unspecified atom stereocenters. The number of carbonyl (C=O) groups excluding carboxylic acids is 2. The third-order valence-corrected chi connectivity index (χ3v) is 9.46. The lowest BCUT2D eigenvalue weighted by Gasteiger charge is -2.62. The number of ketones is 2. The Bertz CT molecular complexity index is 691. The van der Waals surface area contributed by atoms with Crippen molar-refractivity contribution in [2.45, 2.75) is 69.3 Å². The van der Waals surface area contributed by atoms with Crippen LogP contribution in [0.25, 0.3) is 0 Å². The number of hydrogen-bond acceptors (Lipinski definition) is 3. The molecule has 3 saturated carbocycles. The molecule has 0 saturated heterocycles. The van der Waals surface area contributed by atoms with Crippen molar-refractivity contribution in [3.05, 3.63) is 11.6 Å². The van der Waals surface area contributed by atoms with E-state index < -0.39 is 17.7 Å². The van der Waals surface area contributed by atoms with E-state index in [1.807, 2.05) is 6.92 Å². The van der Waals surface area contributed by atoms with E-state index in [4.69, 9.17) is 0 Å². The average molecular weight is 427 g/mol. The van der Waals surface area contributed by atoms with Crippen LogP contribution < -0.4 is 0 Å². The first kappa shape index (κ1) is 18.8. The minimum Gasteiger partial charge on any atom is -0.389 e. The Morgan fingerprint density at radius 2 is 2.00 bits per heavy atom. The van der Waals surface area contributed by atoms with Gasteiger partial charge in [-0.25, -0.2) is 4.39 Å². The molecule has 4 rings (SSSR count). The molecule has 26 heavy (non-hydrogen) atoms. The highest BCUT2D eigenvalue weighted by atomic mass is 79.9. The summed E-state index contributed by atoms with van der Waals surface area (Å²) >= 11 is 3.76. The maximum absolute atomic E-state index is 16.7. The summed E-state index contributed by atoms with van der Waals surface area (Å²) in [5.74, 6) is -0.0505. The first-order valence-corrected chi connectivity index (χ1v) is 10.8. The predicted octanol–water partition coefficient (Wildman–Crippen LogP) is 4.16. The maximum Gasteiger partial charge on any atom is 0.161 e. The van der Waals surface area contributed by atoms with Crippen LogP contribution in [0, 0.1) is 28.6 Å². The second-order valence-corrected chi connectivity index (χ2v) is 10.5. The third-order valence-electron chi connectivity index (χ3n) is 8.60. The lowest BCUT2D eigenvalue weighted by molar-refractivity contribution is -0.153. The van der Waals surface area contributed by atoms with Crippen molar-refractivity contribution in [3.8, 4) is 0 Å². The van der Waals surface area contributed by atoms with Gasteiger partial charge in [-0.3, -0.25) is 9.59 Å². The van der Waals surface area contributed by atoms with Gasteiger partial charge in [-0.15, -0.1) is 0 Å². The number of aliphatic hydroxyl groups excluding tert-OH is 1. The number of carbonyl (C=O) groups is 2. The maximum atomic E-state index is 16.7. The van der Waals surface area contributed by atoms with Crippen molar-refractivity contribution in [1.29, 1.82) is 0 Å². The number of hydrogen-bond donors (Lipinski definition) is 1. The standard InChI is InChI=1S/C21H28BrFO3/c1-19-7-8-21(23)15(13(19)3-4-14(19)18(26)11-24)10-17(22)16-9-12(25)5-6-20(16,21)2/h9,13-15,17,24H,3-8,10-11H2,1-2H3/t13-,14+,15-,17-,19-,20-,21+/m0/s1. The molecule has 3 nitrogen and oxygen atoms in total. The second kappa shape index (κ2) is 5.97. The Hall–Kier alpha value is -0.550. The number of fused-ring (bicyclic) bond motifs is 5. The van der Waals surface area contributed by atoms with Crippen LogP contribution in [0.1, 0.15) is 58.8 Å². The van der Waals surface area contributed by atoms with Gasteiger partial charge in [0.25, 0.3) is 0 Å². The Balaban J connectivity index is 1.75. The van der Waals surface area contributed by atoms with Crippen molar-refractivity contribution >= 4 is 27.5 Å². The molecule has 0 aromatic heterocycles. The van der Waals surface area contributed by atoms with Crippen LogP contribution in [0.5, 0.6) is 0 Å². The zero-order valence-electron chi connectivity index (χ0n) is 15.6. The summed E-state index contributed by atoms with van der Waals surface area (Å²) in [6.45, 7) is 3.75. The minimum absolute atomic E-state index is 0.0283. The molecule has 0 aromatic carbocycles. The van der Waals surface area contributed by atoms with Gasteiger partial charge in [0.1, 0.15) is 12.3 Å². The molecule has 3 fully saturated rings. The zero-order valence-corrected chi connectivity index (χ0v) is 17.1. The van der Waals surface area contributed by atoms with Gasteiger partial charge < -0.3 is 5.11 Å². The smallest absolute Gasteiger partial charge is 0.161 e. The van der Waals surface area contributed by atoms with Crippen LogP contribution in [0.4, 0.5) is 4.39 Å². The summed E-state index contributed by atoms with van der Waals surface area (Å²) in [6.07, 6.45) is 6.13. The Kier molecular flexibility index (Phi) is 4.32. The molecule has 144 valence electrons. The second-order valence-electron chi connectivity index (χ2n) is 9.44. The number of alkyl halides is 2. The zero-order chi connectivity index (χ0) is 18.9. The fourth-order valence-corrected chi connectivity index (χ4v) is 8.11. The van der Waals surface area contributed by atoms with Crippen LogP contribution in [0.2, 0.25) is 0 Å². The molecule has 0 aromatic rings. The first-order chi connectivity index (χ1) is 12.2. The van der Waals surface area contributed by atoms with Gasteiger partial charge in [0.15, 0.2) is 11.6 Å². The SMILES string of the molecule is C[C@]12CC[C@@]3(F)[C@@H](C[C@H](Br)C4=CC(=O)CC[C@@]43C)[C@@H]1CC[C@@H]2C(=O)CO. The van der Waals surface area contributed by atoms with E-state index in [0.717, 1.165) is 18.4 Å². The van der Waals surface area contributed by atoms with E-state index in [1.54, 1.807) is 6.08 Å². The first-order valence-electron chi connectivity index (χ1n) is 9.89. The van der Waals surface area contributed by atoms with Crippen LogP contribution in [-0.4, -0.2) is 33.8 Å². The topological polar surface area (TPSA) is 54.4 Å². The number of Topliss-reactive ketones (excluding diaryl/α,β-unsaturated/α-hetero) is 1. The van der Waals surface area contributed by atoms with Gasteiger partial charge in [-0.1, -0.05) is 29.8 Å². The molecule has 4 aliphatic carbocycles. The van der Waals surface area contributed by atoms with E-state index in [-0.39, 0.29) is 39.6 Å². The number of aliphatic hydroxyl groups is 1. The molecular weight excluding hydrogens is 399 g/mol. The summed E-state index contributed by atoms with van der Waals surface area (Å²) in [5, 5.41) is 9.37. The lowest BCUT2D eigenvalue weighted by atomic mass is 9.45. The summed E-state index contributed by atoms with van der Waals surface area (Å²) in [4.78, 5) is 24.3. The van der Waals surface area contributed by atoms with Crippen molar-refractivity contribution in [3.63, 3.8) is 0 Å². The minimum atomic E-state index is -1.31. The highest BCUT2D eigenvalue weighted by molar-refractivity contribution is 9.09. The summed E-state index contributed by atoms with van der Waals surface area (Å²) < 4.78 is 16.7. The van der Waals surface area contributed by atoms with Gasteiger partial charge in [0, 0.05) is 22.6 Å². The average Bonchev–Trinajstić information content (AvgIpc) is 2.95. The molecule has 0 bridgehead atoms. The summed E-state index contributed by atoms with van der Waals surface area (Å²) in [6, 6.07) is 0. The van der Waals surface area contributed by atoms with E-state index in [1.165, 1.54) is 0 Å². The lowest BCUT2D eigenvalue weighted by Crippen LogP contribution is -2.62.